The van der Waals surface area contributed by atoms with Crippen LogP contribution in [0, 0.1) is 11.8 Å². The van der Waals surface area contributed by atoms with E-state index in [4.69, 9.17) is 23.7 Å². The molecule has 5 rings (SSSR count). The smallest absolute Gasteiger partial charge is 0.407 e. The molecule has 0 spiro atoms. The fourth-order valence-electron chi connectivity index (χ4n) is 6.18. The van der Waals surface area contributed by atoms with Crippen molar-refractivity contribution in [3.8, 4) is 16.9 Å². The summed E-state index contributed by atoms with van der Waals surface area (Å²) < 4.78 is 28.3. The molecule has 0 bridgehead atoms. The summed E-state index contributed by atoms with van der Waals surface area (Å²) in [4.78, 5) is 48.3. The van der Waals surface area contributed by atoms with Gasteiger partial charge in [-0.25, -0.2) is 4.79 Å². The summed E-state index contributed by atoms with van der Waals surface area (Å²) in [5.74, 6) is -1.22. The summed E-state index contributed by atoms with van der Waals surface area (Å²) in [5, 5.41) is 15.1. The minimum atomic E-state index is -1.09. The second kappa shape index (κ2) is 15.8. The number of aliphatic hydroxyl groups is 1. The first-order valence-corrected chi connectivity index (χ1v) is 15.9. The van der Waals surface area contributed by atoms with Crippen LogP contribution in [0.1, 0.15) is 49.8 Å². The molecule has 1 saturated heterocycles. The highest BCUT2D eigenvalue weighted by molar-refractivity contribution is 5.92. The van der Waals surface area contributed by atoms with Crippen LogP contribution in [0.3, 0.4) is 0 Å². The number of alkyl carbamates (subject to hydrolysis) is 1. The molecule has 2 aliphatic rings. The first kappa shape index (κ1) is 34.4. The molecule has 254 valence electrons. The summed E-state index contributed by atoms with van der Waals surface area (Å²) in [7, 11) is 0. The van der Waals surface area contributed by atoms with Gasteiger partial charge in [0, 0.05) is 31.7 Å². The average molecular weight is 661 g/mol. The van der Waals surface area contributed by atoms with Crippen LogP contribution in [0.15, 0.2) is 66.7 Å². The Morgan fingerprint density at radius 1 is 0.938 bits per heavy atom. The zero-order valence-corrected chi connectivity index (χ0v) is 27.0. The van der Waals surface area contributed by atoms with Gasteiger partial charge >= 0.3 is 12.1 Å². The molecule has 3 aromatic rings. The maximum atomic E-state index is 13.0. The van der Waals surface area contributed by atoms with E-state index in [1.54, 1.807) is 18.2 Å². The second-order valence-corrected chi connectivity index (χ2v) is 11.9. The number of aliphatic hydroxyl groups excluding tert-OH is 1. The molecule has 0 saturated carbocycles. The lowest BCUT2D eigenvalue weighted by molar-refractivity contribution is -0.252. The van der Waals surface area contributed by atoms with Crippen molar-refractivity contribution < 1.29 is 48.0 Å². The summed E-state index contributed by atoms with van der Waals surface area (Å²) in [6.45, 7) is 5.24. The Bertz CT molecular complexity index is 1580. The van der Waals surface area contributed by atoms with Gasteiger partial charge in [-0.15, -0.1) is 0 Å². The van der Waals surface area contributed by atoms with Crippen molar-refractivity contribution in [1.82, 2.24) is 5.32 Å². The van der Waals surface area contributed by atoms with Crippen molar-refractivity contribution in [2.24, 2.45) is 11.8 Å². The number of amides is 2. The maximum absolute atomic E-state index is 13.0. The Morgan fingerprint density at radius 2 is 1.62 bits per heavy atom. The van der Waals surface area contributed by atoms with Gasteiger partial charge < -0.3 is 39.4 Å². The number of esters is 1. The topological polar surface area (TPSA) is 159 Å². The Kier molecular flexibility index (Phi) is 11.3. The van der Waals surface area contributed by atoms with E-state index in [9.17, 15) is 24.3 Å². The number of carbonyl (C=O) groups is 4. The van der Waals surface area contributed by atoms with E-state index < -0.39 is 36.5 Å². The lowest BCUT2D eigenvalue weighted by Gasteiger charge is -2.43. The highest BCUT2D eigenvalue weighted by atomic mass is 16.7. The first-order valence-electron chi connectivity index (χ1n) is 15.9. The predicted molar refractivity (Wildman–Crippen MR) is 174 cm³/mol. The van der Waals surface area contributed by atoms with E-state index in [1.807, 2.05) is 50.2 Å². The average Bonchev–Trinajstić information content (AvgIpc) is 3.40. The van der Waals surface area contributed by atoms with Crippen LogP contribution in [0.5, 0.6) is 5.75 Å². The Morgan fingerprint density at radius 3 is 2.27 bits per heavy atom. The number of nitrogens with one attached hydrogen (secondary N) is 2. The van der Waals surface area contributed by atoms with Gasteiger partial charge in [0.05, 0.1) is 18.4 Å². The van der Waals surface area contributed by atoms with Gasteiger partial charge in [0.2, 0.25) is 12.2 Å². The lowest BCUT2D eigenvalue weighted by atomic mass is 9.83. The van der Waals surface area contributed by atoms with Gasteiger partial charge in [0.1, 0.15) is 19.0 Å². The summed E-state index contributed by atoms with van der Waals surface area (Å²) in [6, 6.07) is 20.8. The van der Waals surface area contributed by atoms with E-state index in [0.717, 1.165) is 22.3 Å². The minimum Gasteiger partial charge on any atom is -0.465 e. The summed E-state index contributed by atoms with van der Waals surface area (Å²) in [6.07, 6.45) is -3.15. The Balaban J connectivity index is 1.19. The van der Waals surface area contributed by atoms with Crippen molar-refractivity contribution >= 4 is 30.1 Å². The highest BCUT2D eigenvalue weighted by Gasteiger charge is 2.45. The molecule has 1 heterocycles. The predicted octanol–water partition coefficient (Wildman–Crippen LogP) is 4.53. The van der Waals surface area contributed by atoms with E-state index in [-0.39, 0.29) is 62.0 Å². The molecule has 12 nitrogen and oxygen atoms in total. The SMILES string of the molecule is CC(=O)O[C@H]1[C@H](Oc2ccc(CO)cc2NC(=O)CCNC(=O)OCC2c3ccccc3-c3ccccc32)O[C@H](COC=O)[C@@H](C)[C@@H]1C. The molecule has 3 aromatic carbocycles. The molecule has 1 aliphatic carbocycles. The molecule has 3 N–H and O–H groups in total. The minimum absolute atomic E-state index is 0.00641. The van der Waals surface area contributed by atoms with Crippen LogP contribution in [0.2, 0.25) is 0 Å². The lowest BCUT2D eigenvalue weighted by Crippen LogP contribution is -2.54. The number of fused-ring (bicyclic) bond motifs is 3. The number of hydrogen-bond donors (Lipinski definition) is 3. The molecule has 0 unspecified atom stereocenters. The fourth-order valence-corrected chi connectivity index (χ4v) is 6.18. The normalized spacial score (nSPS) is 21.3. The van der Waals surface area contributed by atoms with Crippen molar-refractivity contribution in [3.05, 3.63) is 83.4 Å². The van der Waals surface area contributed by atoms with Gasteiger partial charge in [-0.3, -0.25) is 14.4 Å². The number of anilines is 1. The standard InChI is InChI=1S/C36H40N2O10/c1-21-22(2)34(46-23(3)41)35(48-32(21)19-44-20-40)47-31-13-12-24(17-39)16-30(31)38-33(42)14-15-37-36(43)45-18-29-27-10-6-4-8-25(27)26-9-5-7-11-28(26)29/h4-13,16,20-22,29,32,34-35,39H,14-15,17-19H2,1-3H3,(H,37,43)(H,38,42)/t21-,22-,32+,34+,35+/m0/s1. The van der Waals surface area contributed by atoms with Crippen LogP contribution in [0.4, 0.5) is 10.5 Å². The van der Waals surface area contributed by atoms with E-state index in [0.29, 0.717) is 12.0 Å². The Labute approximate surface area is 278 Å². The fraction of sp³-hybridized carbons (Fsp3) is 0.389. The number of carbonyl (C=O) groups excluding carboxylic acids is 4. The number of benzene rings is 3. The van der Waals surface area contributed by atoms with Crippen LogP contribution < -0.4 is 15.4 Å². The van der Waals surface area contributed by atoms with Gasteiger partial charge in [-0.2, -0.15) is 0 Å². The zero-order valence-electron chi connectivity index (χ0n) is 27.0. The molecular formula is C36H40N2O10. The first-order chi connectivity index (χ1) is 23.2. The largest absolute Gasteiger partial charge is 0.465 e. The van der Waals surface area contributed by atoms with Crippen LogP contribution in [-0.2, 0) is 39.9 Å². The molecule has 48 heavy (non-hydrogen) atoms. The molecule has 1 fully saturated rings. The van der Waals surface area contributed by atoms with Gasteiger partial charge in [0.15, 0.2) is 6.10 Å². The quantitative estimate of drug-likeness (QED) is 0.135. The van der Waals surface area contributed by atoms with Crippen LogP contribution in [0.25, 0.3) is 11.1 Å². The van der Waals surface area contributed by atoms with E-state index >= 15 is 0 Å². The molecule has 0 radical (unpaired) electrons. The number of ether oxygens (including phenoxy) is 5. The molecular weight excluding hydrogens is 620 g/mol. The van der Waals surface area contributed by atoms with Gasteiger partial charge in [-0.05, 0) is 45.9 Å². The van der Waals surface area contributed by atoms with E-state index in [2.05, 4.69) is 22.8 Å². The Hall–Kier alpha value is -4.94. The summed E-state index contributed by atoms with van der Waals surface area (Å²) in [5.41, 5.74) is 5.20. The summed E-state index contributed by atoms with van der Waals surface area (Å²) >= 11 is 0. The molecule has 1 aliphatic heterocycles. The highest BCUT2D eigenvalue weighted by Crippen LogP contribution is 2.44. The monoisotopic (exact) mass is 660 g/mol. The third-order valence-corrected chi connectivity index (χ3v) is 8.85. The van der Waals surface area contributed by atoms with Crippen molar-refractivity contribution in [2.75, 3.05) is 25.1 Å². The van der Waals surface area contributed by atoms with E-state index in [1.165, 1.54) is 6.92 Å². The van der Waals surface area contributed by atoms with Crippen molar-refractivity contribution in [3.63, 3.8) is 0 Å². The van der Waals surface area contributed by atoms with Crippen LogP contribution in [-0.4, -0.2) is 67.8 Å². The molecule has 5 atom stereocenters. The van der Waals surface area contributed by atoms with Crippen molar-refractivity contribution in [2.45, 2.75) is 58.2 Å². The number of rotatable bonds is 13. The van der Waals surface area contributed by atoms with Gasteiger partial charge in [-0.1, -0.05) is 68.4 Å². The number of hydrogen-bond acceptors (Lipinski definition) is 10. The van der Waals surface area contributed by atoms with Crippen molar-refractivity contribution in [1.29, 1.82) is 0 Å². The molecule has 2 amide bonds. The second-order valence-electron chi connectivity index (χ2n) is 11.9. The zero-order chi connectivity index (χ0) is 34.2. The maximum Gasteiger partial charge on any atom is 0.407 e. The molecule has 12 heteroatoms. The third-order valence-electron chi connectivity index (χ3n) is 8.85. The van der Waals surface area contributed by atoms with Gasteiger partial charge in [0.25, 0.3) is 6.47 Å². The third kappa shape index (κ3) is 7.95. The van der Waals surface area contributed by atoms with Crippen LogP contribution >= 0.6 is 0 Å². The molecule has 0 aromatic heterocycles.